The van der Waals surface area contributed by atoms with Gasteiger partial charge in [-0.05, 0) is 23.8 Å². The van der Waals surface area contributed by atoms with Crippen molar-refractivity contribution in [2.75, 3.05) is 13.1 Å². The molecule has 1 fully saturated rings. The summed E-state index contributed by atoms with van der Waals surface area (Å²) in [7, 11) is 0. The van der Waals surface area contributed by atoms with E-state index in [1.807, 2.05) is 58.0 Å². The maximum Gasteiger partial charge on any atom is 0.426 e. The molecule has 10 nitrogen and oxygen atoms in total. The average Bonchev–Trinajstić information content (AvgIpc) is 3.10. The third kappa shape index (κ3) is 8.18. The van der Waals surface area contributed by atoms with E-state index in [1.165, 1.54) is 5.01 Å². The Morgan fingerprint density at radius 3 is 2.44 bits per heavy atom. The highest BCUT2D eigenvalue weighted by atomic mass is 16.6. The monoisotopic (exact) mass is 448 g/mol. The lowest BCUT2D eigenvalue weighted by molar-refractivity contribution is -0.130. The summed E-state index contributed by atoms with van der Waals surface area (Å²) in [4.78, 5) is 49.0. The summed E-state index contributed by atoms with van der Waals surface area (Å²) in [5.41, 5.74) is 3.51. The van der Waals surface area contributed by atoms with E-state index in [0.29, 0.717) is 13.0 Å². The van der Waals surface area contributed by atoms with Crippen molar-refractivity contribution in [1.82, 2.24) is 21.1 Å². The number of hydrazine groups is 1. The summed E-state index contributed by atoms with van der Waals surface area (Å²) in [6, 6.07) is 8.30. The van der Waals surface area contributed by atoms with E-state index >= 15 is 0 Å². The molecule has 2 atom stereocenters. The van der Waals surface area contributed by atoms with E-state index in [0.717, 1.165) is 5.56 Å². The Bertz CT molecular complexity index is 799. The number of nitrogens with zero attached hydrogens (tertiary/aromatic N) is 1. The highest BCUT2D eigenvalue weighted by Crippen LogP contribution is 2.10. The van der Waals surface area contributed by atoms with Crippen molar-refractivity contribution in [2.24, 2.45) is 11.8 Å². The second kappa shape index (κ2) is 12.0. The summed E-state index contributed by atoms with van der Waals surface area (Å²) in [6.07, 6.45) is -2.16. The molecule has 1 heterocycles. The van der Waals surface area contributed by atoms with E-state index in [1.54, 1.807) is 0 Å². The number of cyclic esters (lactones) is 1. The molecule has 1 unspecified atom stereocenters. The molecule has 2 rings (SSSR count). The molecule has 0 bridgehead atoms. The molecule has 0 aromatic heterocycles. The zero-order chi connectivity index (χ0) is 23.7. The van der Waals surface area contributed by atoms with Crippen LogP contribution in [0.15, 0.2) is 30.3 Å². The lowest BCUT2D eigenvalue weighted by atomic mass is 10.0. The van der Waals surface area contributed by atoms with Gasteiger partial charge in [-0.15, -0.1) is 0 Å². The van der Waals surface area contributed by atoms with Crippen molar-refractivity contribution < 1.29 is 28.7 Å². The highest BCUT2D eigenvalue weighted by molar-refractivity contribution is 5.93. The van der Waals surface area contributed by atoms with Crippen LogP contribution in [-0.4, -0.2) is 54.2 Å². The Morgan fingerprint density at radius 2 is 1.81 bits per heavy atom. The molecule has 0 saturated carbocycles. The van der Waals surface area contributed by atoms with Crippen molar-refractivity contribution >= 4 is 23.9 Å². The first-order valence-electron chi connectivity index (χ1n) is 10.7. The highest BCUT2D eigenvalue weighted by Gasteiger charge is 2.36. The molecular weight excluding hydrogens is 416 g/mol. The number of amides is 3. The first kappa shape index (κ1) is 25.1. The Balaban J connectivity index is 1.84. The first-order chi connectivity index (χ1) is 15.2. The van der Waals surface area contributed by atoms with Crippen LogP contribution in [0.1, 0.15) is 39.7 Å². The molecule has 3 N–H and O–H groups in total. The molecule has 1 aliphatic rings. The van der Waals surface area contributed by atoms with Gasteiger partial charge in [0.05, 0.1) is 6.54 Å². The number of hydrogen-bond acceptors (Lipinski definition) is 7. The Hall–Kier alpha value is -3.14. The predicted molar refractivity (Wildman–Crippen MR) is 116 cm³/mol. The van der Waals surface area contributed by atoms with Gasteiger partial charge < -0.3 is 20.1 Å². The van der Waals surface area contributed by atoms with Crippen molar-refractivity contribution in [2.45, 2.75) is 53.0 Å². The maximum absolute atomic E-state index is 12.6. The quantitative estimate of drug-likeness (QED) is 0.472. The average molecular weight is 449 g/mol. The van der Waals surface area contributed by atoms with Crippen LogP contribution in [0.4, 0.5) is 9.59 Å². The van der Waals surface area contributed by atoms with Crippen molar-refractivity contribution in [3.05, 3.63) is 35.9 Å². The van der Waals surface area contributed by atoms with Crippen LogP contribution >= 0.6 is 0 Å². The lowest BCUT2D eigenvalue weighted by Gasteiger charge is -2.20. The van der Waals surface area contributed by atoms with Gasteiger partial charge in [-0.1, -0.05) is 58.0 Å². The van der Waals surface area contributed by atoms with Crippen LogP contribution in [0.5, 0.6) is 0 Å². The Labute approximate surface area is 188 Å². The molecule has 1 saturated heterocycles. The standard InChI is InChI=1S/C22H32N4O6/c1-14(2)10-17(24-21(29)31-13-16-8-6-5-7-9-16)19(28)23-11-18(27)20-25-26(12-15(3)4)22(30)32-20/h5-9,14-15,17,20,25H,10-13H2,1-4H3,(H,23,28)(H,24,29)/t17-,20?/m0/s1. The summed E-state index contributed by atoms with van der Waals surface area (Å²) in [6.45, 7) is 7.79. The van der Waals surface area contributed by atoms with Crippen LogP contribution in [0, 0.1) is 11.8 Å². The summed E-state index contributed by atoms with van der Waals surface area (Å²) in [5.74, 6) is -0.731. The van der Waals surface area contributed by atoms with Gasteiger partial charge in [0.1, 0.15) is 12.6 Å². The minimum Gasteiger partial charge on any atom is -0.445 e. The maximum atomic E-state index is 12.6. The number of rotatable bonds is 11. The van der Waals surface area contributed by atoms with Crippen molar-refractivity contribution in [3.8, 4) is 0 Å². The molecule has 0 aliphatic carbocycles. The minimum atomic E-state index is -1.16. The van der Waals surface area contributed by atoms with Gasteiger partial charge in [-0.25, -0.2) is 14.6 Å². The molecule has 32 heavy (non-hydrogen) atoms. The second-order valence-electron chi connectivity index (χ2n) is 8.47. The molecule has 1 aromatic rings. The smallest absolute Gasteiger partial charge is 0.426 e. The number of ether oxygens (including phenoxy) is 2. The van der Waals surface area contributed by atoms with Gasteiger partial charge in [-0.2, -0.15) is 5.43 Å². The number of benzene rings is 1. The van der Waals surface area contributed by atoms with Gasteiger partial charge in [-0.3, -0.25) is 9.59 Å². The minimum absolute atomic E-state index is 0.0762. The predicted octanol–water partition coefficient (Wildman–Crippen LogP) is 1.95. The first-order valence-corrected chi connectivity index (χ1v) is 10.7. The SMILES string of the molecule is CC(C)C[C@H](NC(=O)OCc1ccccc1)C(=O)NCC(=O)C1NN(CC(C)C)C(=O)O1. The fourth-order valence-electron chi connectivity index (χ4n) is 3.02. The molecule has 1 aromatic carbocycles. The summed E-state index contributed by atoms with van der Waals surface area (Å²) < 4.78 is 10.2. The summed E-state index contributed by atoms with van der Waals surface area (Å²) >= 11 is 0. The van der Waals surface area contributed by atoms with Crippen LogP contribution in [0.2, 0.25) is 0 Å². The number of hydrogen-bond donors (Lipinski definition) is 3. The van der Waals surface area contributed by atoms with Crippen LogP contribution < -0.4 is 16.1 Å². The van der Waals surface area contributed by atoms with Crippen molar-refractivity contribution in [1.29, 1.82) is 0 Å². The Kier molecular flexibility index (Phi) is 9.45. The zero-order valence-corrected chi connectivity index (χ0v) is 18.9. The van der Waals surface area contributed by atoms with E-state index in [-0.39, 0.29) is 25.0 Å². The van der Waals surface area contributed by atoms with Gasteiger partial charge in [0.15, 0.2) is 0 Å². The summed E-state index contributed by atoms with van der Waals surface area (Å²) in [5, 5.41) is 6.30. The van der Waals surface area contributed by atoms with Gasteiger partial charge >= 0.3 is 12.2 Å². The Morgan fingerprint density at radius 1 is 1.12 bits per heavy atom. The van der Waals surface area contributed by atoms with Gasteiger partial charge in [0.25, 0.3) is 0 Å². The van der Waals surface area contributed by atoms with E-state index in [9.17, 15) is 19.2 Å². The molecule has 1 aliphatic heterocycles. The van der Waals surface area contributed by atoms with E-state index in [4.69, 9.17) is 9.47 Å². The number of Topliss-reactive ketones (excluding diaryl/α,β-unsaturated/α-hetero) is 1. The third-order valence-corrected chi connectivity index (χ3v) is 4.52. The molecule has 3 amide bonds. The van der Waals surface area contributed by atoms with Crippen LogP contribution in [0.3, 0.4) is 0 Å². The van der Waals surface area contributed by atoms with Crippen LogP contribution in [-0.2, 0) is 25.7 Å². The lowest BCUT2D eigenvalue weighted by Crippen LogP contribution is -2.50. The van der Waals surface area contributed by atoms with Gasteiger partial charge in [0.2, 0.25) is 17.9 Å². The number of nitrogens with one attached hydrogen (secondary N) is 3. The third-order valence-electron chi connectivity index (χ3n) is 4.52. The fraction of sp³-hybridized carbons (Fsp3) is 0.545. The topological polar surface area (TPSA) is 126 Å². The van der Waals surface area contributed by atoms with Crippen molar-refractivity contribution in [3.63, 3.8) is 0 Å². The molecular formula is C22H32N4O6. The molecule has 0 radical (unpaired) electrons. The van der Waals surface area contributed by atoms with Crippen LogP contribution in [0.25, 0.3) is 0 Å². The number of carbonyl (C=O) groups is 4. The van der Waals surface area contributed by atoms with E-state index < -0.39 is 36.1 Å². The van der Waals surface area contributed by atoms with E-state index in [2.05, 4.69) is 16.1 Å². The normalized spacial score (nSPS) is 16.6. The molecule has 176 valence electrons. The zero-order valence-electron chi connectivity index (χ0n) is 18.9. The van der Waals surface area contributed by atoms with Gasteiger partial charge in [0, 0.05) is 6.54 Å². The fourth-order valence-corrected chi connectivity index (χ4v) is 3.02. The molecule has 0 spiro atoms. The number of ketones is 1. The number of carbonyl (C=O) groups excluding carboxylic acids is 4. The molecule has 10 heteroatoms. The largest absolute Gasteiger partial charge is 0.445 e. The number of alkyl carbamates (subject to hydrolysis) is 1. The second-order valence-corrected chi connectivity index (χ2v) is 8.47.